The van der Waals surface area contributed by atoms with E-state index in [0.717, 1.165) is 36.6 Å². The van der Waals surface area contributed by atoms with Gasteiger partial charge >= 0.3 is 0 Å². The van der Waals surface area contributed by atoms with Crippen LogP contribution >= 0.6 is 0 Å². The number of hydrogen-bond acceptors (Lipinski definition) is 4. The van der Waals surface area contributed by atoms with Crippen LogP contribution in [0, 0.1) is 0 Å². The number of phenolic OH excluding ortho intramolecular Hbond substituents is 1. The Hall–Kier alpha value is -2.20. The van der Waals surface area contributed by atoms with E-state index in [1.807, 2.05) is 36.4 Å². The molecule has 0 unspecified atom stereocenters. The summed E-state index contributed by atoms with van der Waals surface area (Å²) in [6.45, 7) is 2.43. The van der Waals surface area contributed by atoms with Crippen LogP contribution in [0.25, 0.3) is 0 Å². The molecule has 0 aliphatic rings. The van der Waals surface area contributed by atoms with Crippen molar-refractivity contribution in [2.45, 2.75) is 13.0 Å². The van der Waals surface area contributed by atoms with E-state index in [0.29, 0.717) is 12.4 Å². The van der Waals surface area contributed by atoms with Gasteiger partial charge in [0.2, 0.25) is 0 Å². The van der Waals surface area contributed by atoms with Crippen LogP contribution in [-0.2, 0) is 6.54 Å². The van der Waals surface area contributed by atoms with Gasteiger partial charge in [0.05, 0.1) is 13.7 Å². The van der Waals surface area contributed by atoms with Gasteiger partial charge in [-0.1, -0.05) is 12.1 Å². The molecule has 118 valence electrons. The normalized spacial score (nSPS) is 10.7. The summed E-state index contributed by atoms with van der Waals surface area (Å²) in [5.41, 5.74) is 1.11. The summed E-state index contributed by atoms with van der Waals surface area (Å²) in [4.78, 5) is 2.21. The summed E-state index contributed by atoms with van der Waals surface area (Å²) < 4.78 is 10.8. The molecule has 2 aromatic carbocycles. The molecule has 1 N–H and O–H groups in total. The van der Waals surface area contributed by atoms with Gasteiger partial charge in [-0.15, -0.1) is 0 Å². The van der Waals surface area contributed by atoms with Crippen molar-refractivity contribution in [1.82, 2.24) is 4.90 Å². The van der Waals surface area contributed by atoms with Crippen molar-refractivity contribution in [3.05, 3.63) is 54.1 Å². The Bertz CT molecular complexity index is 569. The Morgan fingerprint density at radius 1 is 1.05 bits per heavy atom. The van der Waals surface area contributed by atoms with Gasteiger partial charge in [0, 0.05) is 13.1 Å². The van der Waals surface area contributed by atoms with Crippen LogP contribution in [-0.4, -0.2) is 37.3 Å². The number of aromatic hydroxyl groups is 1. The average molecular weight is 301 g/mol. The van der Waals surface area contributed by atoms with Crippen LogP contribution in [0.1, 0.15) is 12.0 Å². The fourth-order valence-corrected chi connectivity index (χ4v) is 2.24. The molecule has 0 aliphatic carbocycles. The summed E-state index contributed by atoms with van der Waals surface area (Å²) in [6, 6.07) is 15.0. The van der Waals surface area contributed by atoms with E-state index in [1.54, 1.807) is 19.2 Å². The van der Waals surface area contributed by atoms with Crippen molar-refractivity contribution in [2.75, 3.05) is 27.3 Å². The topological polar surface area (TPSA) is 41.9 Å². The predicted molar refractivity (Wildman–Crippen MR) is 87.5 cm³/mol. The fourth-order valence-electron chi connectivity index (χ4n) is 2.24. The first kappa shape index (κ1) is 16.2. The Balaban J connectivity index is 1.67. The standard InChI is InChI=1S/C18H23NO3/c1-19(14-15-5-3-6-16(20)13-15)11-4-12-22-18-9-7-17(21-2)8-10-18/h3,5-10,13,20H,4,11-12,14H2,1-2H3. The molecule has 2 rings (SSSR count). The zero-order chi connectivity index (χ0) is 15.8. The van der Waals surface area contributed by atoms with E-state index < -0.39 is 0 Å². The first-order valence-corrected chi connectivity index (χ1v) is 7.40. The molecular weight excluding hydrogens is 278 g/mol. The summed E-state index contributed by atoms with van der Waals surface area (Å²) in [5.74, 6) is 2.00. The van der Waals surface area contributed by atoms with Crippen molar-refractivity contribution >= 4 is 0 Å². The van der Waals surface area contributed by atoms with Gasteiger partial charge in [-0.05, 0) is 55.4 Å². The van der Waals surface area contributed by atoms with Crippen molar-refractivity contribution in [3.63, 3.8) is 0 Å². The summed E-state index contributed by atoms with van der Waals surface area (Å²) in [7, 11) is 3.72. The lowest BCUT2D eigenvalue weighted by Gasteiger charge is -2.17. The van der Waals surface area contributed by atoms with E-state index in [2.05, 4.69) is 11.9 Å². The molecule has 4 heteroatoms. The molecule has 22 heavy (non-hydrogen) atoms. The molecule has 0 spiro atoms. The van der Waals surface area contributed by atoms with E-state index in [9.17, 15) is 5.11 Å². The largest absolute Gasteiger partial charge is 0.508 e. The lowest BCUT2D eigenvalue weighted by molar-refractivity contribution is 0.258. The number of hydrogen-bond donors (Lipinski definition) is 1. The molecule has 0 atom stereocenters. The Morgan fingerprint density at radius 2 is 1.77 bits per heavy atom. The maximum absolute atomic E-state index is 9.46. The lowest BCUT2D eigenvalue weighted by atomic mass is 10.2. The molecule has 4 nitrogen and oxygen atoms in total. The van der Waals surface area contributed by atoms with Gasteiger partial charge in [-0.3, -0.25) is 0 Å². The fraction of sp³-hybridized carbons (Fsp3) is 0.333. The van der Waals surface area contributed by atoms with E-state index >= 15 is 0 Å². The van der Waals surface area contributed by atoms with Crippen molar-refractivity contribution in [2.24, 2.45) is 0 Å². The molecule has 2 aromatic rings. The zero-order valence-corrected chi connectivity index (χ0v) is 13.2. The Labute approximate surface area is 131 Å². The van der Waals surface area contributed by atoms with Gasteiger partial charge in [0.15, 0.2) is 0 Å². The molecule has 0 aromatic heterocycles. The molecule has 0 fully saturated rings. The second-order valence-corrected chi connectivity index (χ2v) is 5.29. The number of ether oxygens (including phenoxy) is 2. The Kier molecular flexibility index (Phi) is 6.10. The number of rotatable bonds is 8. The van der Waals surface area contributed by atoms with E-state index in [4.69, 9.17) is 9.47 Å². The van der Waals surface area contributed by atoms with Crippen LogP contribution in [0.15, 0.2) is 48.5 Å². The molecule has 0 heterocycles. The van der Waals surface area contributed by atoms with Gasteiger partial charge < -0.3 is 19.5 Å². The Morgan fingerprint density at radius 3 is 2.45 bits per heavy atom. The number of nitrogens with zero attached hydrogens (tertiary/aromatic N) is 1. The van der Waals surface area contributed by atoms with Gasteiger partial charge in [0.1, 0.15) is 17.2 Å². The molecule has 0 aliphatic heterocycles. The first-order chi connectivity index (χ1) is 10.7. The average Bonchev–Trinajstić information content (AvgIpc) is 2.52. The molecule has 0 radical (unpaired) electrons. The maximum atomic E-state index is 9.46. The van der Waals surface area contributed by atoms with Gasteiger partial charge in [-0.25, -0.2) is 0 Å². The predicted octanol–water partition coefficient (Wildman–Crippen LogP) is 3.30. The highest BCUT2D eigenvalue weighted by molar-refractivity contribution is 5.31. The third-order valence-corrected chi connectivity index (χ3v) is 3.38. The van der Waals surface area contributed by atoms with Crippen LogP contribution in [0.4, 0.5) is 0 Å². The van der Waals surface area contributed by atoms with Crippen LogP contribution in [0.3, 0.4) is 0 Å². The maximum Gasteiger partial charge on any atom is 0.119 e. The number of phenols is 1. The summed E-state index contributed by atoms with van der Waals surface area (Å²) in [5, 5.41) is 9.46. The molecular formula is C18H23NO3. The highest BCUT2D eigenvalue weighted by Gasteiger charge is 2.02. The van der Waals surface area contributed by atoms with E-state index in [-0.39, 0.29) is 0 Å². The minimum atomic E-state index is 0.314. The zero-order valence-electron chi connectivity index (χ0n) is 13.2. The number of methoxy groups -OCH3 is 1. The van der Waals surface area contributed by atoms with Crippen molar-refractivity contribution < 1.29 is 14.6 Å². The smallest absolute Gasteiger partial charge is 0.119 e. The van der Waals surface area contributed by atoms with Crippen molar-refractivity contribution in [3.8, 4) is 17.2 Å². The monoisotopic (exact) mass is 301 g/mol. The molecule has 0 saturated carbocycles. The third-order valence-electron chi connectivity index (χ3n) is 3.38. The molecule has 0 bridgehead atoms. The number of benzene rings is 2. The highest BCUT2D eigenvalue weighted by Crippen LogP contribution is 2.17. The van der Waals surface area contributed by atoms with Gasteiger partial charge in [-0.2, -0.15) is 0 Å². The van der Waals surface area contributed by atoms with Crippen LogP contribution in [0.2, 0.25) is 0 Å². The third kappa shape index (κ3) is 5.30. The minimum absolute atomic E-state index is 0.314. The second-order valence-electron chi connectivity index (χ2n) is 5.29. The first-order valence-electron chi connectivity index (χ1n) is 7.40. The second kappa shape index (κ2) is 8.29. The van der Waals surface area contributed by atoms with Gasteiger partial charge in [0.25, 0.3) is 0 Å². The molecule has 0 saturated heterocycles. The molecule has 0 amide bonds. The summed E-state index contributed by atoms with van der Waals surface area (Å²) >= 11 is 0. The van der Waals surface area contributed by atoms with Crippen LogP contribution < -0.4 is 9.47 Å². The van der Waals surface area contributed by atoms with Crippen molar-refractivity contribution in [1.29, 1.82) is 0 Å². The SMILES string of the molecule is COc1ccc(OCCCN(C)Cc2cccc(O)c2)cc1. The van der Waals surface area contributed by atoms with Crippen LogP contribution in [0.5, 0.6) is 17.2 Å². The lowest BCUT2D eigenvalue weighted by Crippen LogP contribution is -2.20. The summed E-state index contributed by atoms with van der Waals surface area (Å²) in [6.07, 6.45) is 0.946. The quantitative estimate of drug-likeness (QED) is 0.760. The highest BCUT2D eigenvalue weighted by atomic mass is 16.5. The van der Waals surface area contributed by atoms with E-state index in [1.165, 1.54) is 0 Å². The minimum Gasteiger partial charge on any atom is -0.508 e.